The summed E-state index contributed by atoms with van der Waals surface area (Å²) >= 11 is 0. The molecule has 1 heterocycles. The van der Waals surface area contributed by atoms with E-state index in [9.17, 15) is 14.4 Å². The largest absolute Gasteiger partial charge is 0.355 e. The number of nitrogens with zero attached hydrogens (tertiary/aromatic N) is 2. The van der Waals surface area contributed by atoms with E-state index in [0.717, 1.165) is 32.2 Å². The molecule has 136 valence electrons. The van der Waals surface area contributed by atoms with Crippen LogP contribution < -0.4 is 5.32 Å². The Hall–Kier alpha value is -1.43. The van der Waals surface area contributed by atoms with Crippen LogP contribution in [0.15, 0.2) is 0 Å². The number of likely N-dealkylation sites (tertiary alicyclic amines) is 1. The van der Waals surface area contributed by atoms with E-state index < -0.39 is 0 Å². The van der Waals surface area contributed by atoms with Crippen LogP contribution in [0.3, 0.4) is 0 Å². The van der Waals surface area contributed by atoms with E-state index in [4.69, 9.17) is 0 Å². The average Bonchev–Trinajstić information content (AvgIpc) is 2.74. The lowest BCUT2D eigenvalue weighted by Gasteiger charge is -2.28. The molecule has 2 fully saturated rings. The summed E-state index contributed by atoms with van der Waals surface area (Å²) in [6, 6.07) is 0. The molecule has 2 aliphatic rings. The molecule has 0 aromatic rings. The fraction of sp³-hybridized carbons (Fsp3) is 0.833. The average molecular weight is 337 g/mol. The molecule has 0 radical (unpaired) electrons. The van der Waals surface area contributed by atoms with Crippen molar-refractivity contribution in [3.05, 3.63) is 0 Å². The highest BCUT2D eigenvalue weighted by atomic mass is 16.2. The number of fused-ring (bicyclic) bond motifs is 1. The van der Waals surface area contributed by atoms with E-state index in [1.807, 2.05) is 14.1 Å². The standard InChI is InChI=1S/C18H31N3O3/c1-18(2,12-20(3)4)11-19-15(22)9-10-21-16(23)13-7-5-6-8-14(13)17(21)24/h13-14H,5-12H2,1-4H3,(H,19,22). The van der Waals surface area contributed by atoms with Crippen LogP contribution in [-0.2, 0) is 14.4 Å². The molecule has 2 rings (SSSR count). The van der Waals surface area contributed by atoms with Gasteiger partial charge >= 0.3 is 0 Å². The zero-order chi connectivity index (χ0) is 17.9. The second kappa shape index (κ2) is 7.64. The zero-order valence-corrected chi connectivity index (χ0v) is 15.4. The van der Waals surface area contributed by atoms with Crippen molar-refractivity contribution in [1.29, 1.82) is 0 Å². The number of carbonyl (C=O) groups is 3. The van der Waals surface area contributed by atoms with Crippen molar-refractivity contribution in [3.8, 4) is 0 Å². The van der Waals surface area contributed by atoms with Gasteiger partial charge < -0.3 is 10.2 Å². The highest BCUT2D eigenvalue weighted by molar-refractivity contribution is 6.05. The number of carbonyl (C=O) groups excluding carboxylic acids is 3. The molecule has 1 N–H and O–H groups in total. The number of hydrogen-bond acceptors (Lipinski definition) is 4. The predicted octanol–water partition coefficient (Wildman–Crippen LogP) is 1.26. The molecule has 6 nitrogen and oxygen atoms in total. The molecular formula is C18H31N3O3. The minimum absolute atomic E-state index is 0.0205. The predicted molar refractivity (Wildman–Crippen MR) is 92.1 cm³/mol. The molecule has 0 bridgehead atoms. The molecule has 1 aliphatic heterocycles. The zero-order valence-electron chi connectivity index (χ0n) is 15.4. The van der Waals surface area contributed by atoms with Gasteiger partial charge in [-0.15, -0.1) is 0 Å². The Bertz CT molecular complexity index is 478. The minimum atomic E-state index is -0.131. The van der Waals surface area contributed by atoms with Crippen molar-refractivity contribution in [2.45, 2.75) is 46.0 Å². The molecule has 0 spiro atoms. The lowest BCUT2D eigenvalue weighted by atomic mass is 9.81. The topological polar surface area (TPSA) is 69.7 Å². The van der Waals surface area contributed by atoms with E-state index in [2.05, 4.69) is 24.1 Å². The van der Waals surface area contributed by atoms with Crippen LogP contribution >= 0.6 is 0 Å². The highest BCUT2D eigenvalue weighted by Gasteiger charge is 2.47. The maximum absolute atomic E-state index is 12.4. The summed E-state index contributed by atoms with van der Waals surface area (Å²) in [5.74, 6) is -0.491. The summed E-state index contributed by atoms with van der Waals surface area (Å²) in [6.07, 6.45) is 3.87. The summed E-state index contributed by atoms with van der Waals surface area (Å²) in [7, 11) is 4.02. The number of imide groups is 1. The van der Waals surface area contributed by atoms with Gasteiger partial charge in [-0.25, -0.2) is 0 Å². The second-order valence-electron chi connectivity index (χ2n) is 8.25. The third kappa shape index (κ3) is 4.56. The molecule has 3 amide bonds. The molecule has 1 aliphatic carbocycles. The van der Waals surface area contributed by atoms with E-state index in [0.29, 0.717) is 6.54 Å². The van der Waals surface area contributed by atoms with Gasteiger partial charge in [0.15, 0.2) is 0 Å². The monoisotopic (exact) mass is 337 g/mol. The fourth-order valence-electron chi connectivity index (χ4n) is 4.00. The molecular weight excluding hydrogens is 306 g/mol. The van der Waals surface area contributed by atoms with E-state index in [-0.39, 0.29) is 47.9 Å². The highest BCUT2D eigenvalue weighted by Crippen LogP contribution is 2.37. The van der Waals surface area contributed by atoms with Gasteiger partial charge in [0.1, 0.15) is 0 Å². The summed E-state index contributed by atoms with van der Waals surface area (Å²) < 4.78 is 0. The Balaban J connectivity index is 1.79. The van der Waals surface area contributed by atoms with Gasteiger partial charge in [-0.05, 0) is 32.4 Å². The van der Waals surface area contributed by atoms with Crippen molar-refractivity contribution >= 4 is 17.7 Å². The van der Waals surface area contributed by atoms with E-state index >= 15 is 0 Å². The van der Waals surface area contributed by atoms with Crippen molar-refractivity contribution in [2.24, 2.45) is 17.3 Å². The van der Waals surface area contributed by atoms with Crippen LogP contribution in [0.5, 0.6) is 0 Å². The van der Waals surface area contributed by atoms with Crippen LogP contribution in [0.4, 0.5) is 0 Å². The summed E-state index contributed by atoms with van der Waals surface area (Å²) in [4.78, 5) is 40.2. The number of nitrogens with one attached hydrogen (secondary N) is 1. The molecule has 1 saturated heterocycles. The third-order valence-electron chi connectivity index (χ3n) is 5.00. The van der Waals surface area contributed by atoms with Crippen LogP contribution in [-0.4, -0.2) is 61.3 Å². The van der Waals surface area contributed by atoms with Crippen LogP contribution in [0, 0.1) is 17.3 Å². The van der Waals surface area contributed by atoms with Crippen LogP contribution in [0.1, 0.15) is 46.0 Å². The Morgan fingerprint density at radius 2 is 1.71 bits per heavy atom. The number of amides is 3. The summed E-state index contributed by atoms with van der Waals surface area (Å²) in [5, 5.41) is 2.93. The first-order valence-corrected chi connectivity index (χ1v) is 8.98. The normalized spacial score (nSPS) is 24.5. The minimum Gasteiger partial charge on any atom is -0.355 e. The fourth-order valence-corrected chi connectivity index (χ4v) is 4.00. The van der Waals surface area contributed by atoms with E-state index in [1.54, 1.807) is 0 Å². The molecule has 0 aromatic carbocycles. The van der Waals surface area contributed by atoms with Gasteiger partial charge in [0, 0.05) is 26.1 Å². The van der Waals surface area contributed by atoms with Crippen molar-refractivity contribution in [1.82, 2.24) is 15.1 Å². The number of rotatable bonds is 7. The maximum atomic E-state index is 12.4. The molecule has 2 unspecified atom stereocenters. The lowest BCUT2D eigenvalue weighted by molar-refractivity contribution is -0.140. The molecule has 2 atom stereocenters. The quantitative estimate of drug-likeness (QED) is 0.710. The molecule has 24 heavy (non-hydrogen) atoms. The van der Waals surface area contributed by atoms with Gasteiger partial charge in [-0.1, -0.05) is 26.7 Å². The Labute approximate surface area is 144 Å². The van der Waals surface area contributed by atoms with Gasteiger partial charge in [-0.2, -0.15) is 0 Å². The smallest absolute Gasteiger partial charge is 0.233 e. The van der Waals surface area contributed by atoms with E-state index in [1.165, 1.54) is 4.90 Å². The lowest BCUT2D eigenvalue weighted by Crippen LogP contribution is -2.41. The van der Waals surface area contributed by atoms with Crippen molar-refractivity contribution in [2.75, 3.05) is 33.7 Å². The van der Waals surface area contributed by atoms with Crippen molar-refractivity contribution in [3.63, 3.8) is 0 Å². The second-order valence-corrected chi connectivity index (χ2v) is 8.25. The Morgan fingerprint density at radius 1 is 1.17 bits per heavy atom. The van der Waals surface area contributed by atoms with Gasteiger partial charge in [-0.3, -0.25) is 19.3 Å². The third-order valence-corrected chi connectivity index (χ3v) is 5.00. The summed E-state index contributed by atoms with van der Waals surface area (Å²) in [5.41, 5.74) is -0.0205. The Kier molecular flexibility index (Phi) is 6.01. The van der Waals surface area contributed by atoms with Crippen molar-refractivity contribution < 1.29 is 14.4 Å². The summed E-state index contributed by atoms with van der Waals surface area (Å²) in [6.45, 7) is 5.87. The first-order chi connectivity index (χ1) is 11.2. The molecule has 0 aromatic heterocycles. The maximum Gasteiger partial charge on any atom is 0.233 e. The number of hydrogen-bond donors (Lipinski definition) is 1. The van der Waals surface area contributed by atoms with Crippen LogP contribution in [0.2, 0.25) is 0 Å². The van der Waals surface area contributed by atoms with Gasteiger partial charge in [0.05, 0.1) is 11.8 Å². The SMILES string of the molecule is CN(C)CC(C)(C)CNC(=O)CCN1C(=O)C2CCCCC2C1=O. The van der Waals surface area contributed by atoms with Crippen LogP contribution in [0.25, 0.3) is 0 Å². The Morgan fingerprint density at radius 3 is 2.21 bits per heavy atom. The first kappa shape index (κ1) is 18.9. The first-order valence-electron chi connectivity index (χ1n) is 8.98. The van der Waals surface area contributed by atoms with Gasteiger partial charge in [0.2, 0.25) is 17.7 Å². The molecule has 6 heteroatoms. The molecule has 1 saturated carbocycles. The van der Waals surface area contributed by atoms with Gasteiger partial charge in [0.25, 0.3) is 0 Å².